The number of amides is 4. The lowest BCUT2D eigenvalue weighted by Crippen LogP contribution is -2.60. The number of sulfonamides is 1. The van der Waals surface area contributed by atoms with Gasteiger partial charge in [0.15, 0.2) is 0 Å². The van der Waals surface area contributed by atoms with E-state index in [9.17, 15) is 36.4 Å². The zero-order chi connectivity index (χ0) is 37.6. The molecule has 4 aliphatic rings. The fourth-order valence-corrected chi connectivity index (χ4v) is 7.94. The van der Waals surface area contributed by atoms with Crippen LogP contribution in [0.5, 0.6) is 5.75 Å². The fraction of sp³-hybridized carbons (Fsp3) is 0.667. The van der Waals surface area contributed by atoms with Gasteiger partial charge in [-0.3, -0.25) is 19.1 Å². The molecule has 1 saturated heterocycles. The first-order chi connectivity index (χ1) is 24.5. The molecule has 1 unspecified atom stereocenters. The Morgan fingerprint density at radius 1 is 1.08 bits per heavy atom. The van der Waals surface area contributed by atoms with Crippen LogP contribution in [0.2, 0.25) is 0 Å². The van der Waals surface area contributed by atoms with Crippen LogP contribution in [-0.2, 0) is 29.1 Å². The Bertz CT molecular complexity index is 1790. The second-order valence-electron chi connectivity index (χ2n) is 15.2. The Hall–Kier alpha value is -4.42. The molecule has 4 fully saturated rings. The summed E-state index contributed by atoms with van der Waals surface area (Å²) >= 11 is 0. The van der Waals surface area contributed by atoms with Crippen molar-refractivity contribution in [1.29, 1.82) is 0 Å². The van der Waals surface area contributed by atoms with Gasteiger partial charge >= 0.3 is 6.09 Å². The molecule has 19 heteroatoms. The van der Waals surface area contributed by atoms with E-state index in [1.165, 1.54) is 16.8 Å². The standard InChI is InChI=1S/C33H44F2N8O8S/c1-32(2,3)25(36-31(47)51-17-18-6-5-7-18)29(45)42-16-20(43-39-27(38-41-43)19-8-10-21(50-4)11-9-19)14-24(42)28(44)37-33(15-23(33)26(34)35)30(46)40-52(48,49)22-12-13-22/h8-11,18,20,22-26H,5-7,12-17H2,1-4H3,(H,36,47)(H,37,44)(H,40,46)/t20-,23+,24?,25-,33-/m1/s1. The molecule has 16 nitrogen and oxygen atoms in total. The summed E-state index contributed by atoms with van der Waals surface area (Å²) in [6, 6.07) is 3.61. The number of nitrogens with one attached hydrogen (secondary N) is 3. The highest BCUT2D eigenvalue weighted by molar-refractivity contribution is 7.91. The number of aromatic nitrogens is 4. The number of carbonyl (C=O) groups is 4. The highest BCUT2D eigenvalue weighted by Gasteiger charge is 2.67. The zero-order valence-corrected chi connectivity index (χ0v) is 30.2. The van der Waals surface area contributed by atoms with Gasteiger partial charge in [0.05, 0.1) is 30.9 Å². The van der Waals surface area contributed by atoms with Gasteiger partial charge in [-0.15, -0.1) is 10.2 Å². The highest BCUT2D eigenvalue weighted by atomic mass is 32.2. The molecule has 3 aliphatic carbocycles. The molecule has 284 valence electrons. The van der Waals surface area contributed by atoms with Gasteiger partial charge in [0.1, 0.15) is 23.4 Å². The van der Waals surface area contributed by atoms with E-state index in [4.69, 9.17) is 9.47 Å². The number of carbonyl (C=O) groups excluding carboxylic acids is 4. The Kier molecular flexibility index (Phi) is 10.2. The van der Waals surface area contributed by atoms with E-state index in [1.54, 1.807) is 45.0 Å². The Balaban J connectivity index is 1.26. The topological polar surface area (TPSA) is 204 Å². The molecule has 52 heavy (non-hydrogen) atoms. The summed E-state index contributed by atoms with van der Waals surface area (Å²) < 4.78 is 65.7. The van der Waals surface area contributed by atoms with Gasteiger partial charge in [0, 0.05) is 18.5 Å². The number of alkyl carbamates (subject to hydrolysis) is 1. The van der Waals surface area contributed by atoms with Crippen molar-refractivity contribution < 1.29 is 45.9 Å². The third-order valence-corrected chi connectivity index (χ3v) is 12.1. The first kappa shape index (κ1) is 37.3. The number of ether oxygens (including phenoxy) is 2. The minimum Gasteiger partial charge on any atom is -0.497 e. The predicted molar refractivity (Wildman–Crippen MR) is 179 cm³/mol. The molecule has 2 heterocycles. The third-order valence-electron chi connectivity index (χ3n) is 10.3. The summed E-state index contributed by atoms with van der Waals surface area (Å²) in [7, 11) is -2.59. The average molecular weight is 751 g/mol. The lowest BCUT2D eigenvalue weighted by molar-refractivity contribution is -0.143. The second-order valence-corrected chi connectivity index (χ2v) is 17.1. The Labute approximate surface area is 299 Å². The van der Waals surface area contributed by atoms with Gasteiger partial charge in [0.25, 0.3) is 5.91 Å². The second kappa shape index (κ2) is 14.2. The van der Waals surface area contributed by atoms with E-state index in [1.807, 2.05) is 4.72 Å². The monoisotopic (exact) mass is 750 g/mol. The van der Waals surface area contributed by atoms with Crippen molar-refractivity contribution >= 4 is 33.8 Å². The van der Waals surface area contributed by atoms with E-state index in [-0.39, 0.29) is 31.3 Å². The maximum atomic E-state index is 14.4. The third kappa shape index (κ3) is 7.83. The quantitative estimate of drug-likeness (QED) is 0.271. The van der Waals surface area contributed by atoms with E-state index in [2.05, 4.69) is 26.0 Å². The number of hydrogen-bond donors (Lipinski definition) is 3. The minimum absolute atomic E-state index is 0.115. The van der Waals surface area contributed by atoms with Crippen molar-refractivity contribution in [3.63, 3.8) is 0 Å². The van der Waals surface area contributed by atoms with Crippen LogP contribution in [0.4, 0.5) is 13.6 Å². The van der Waals surface area contributed by atoms with Gasteiger partial charge in [0.2, 0.25) is 34.1 Å². The molecular formula is C33H44F2N8O8S. The van der Waals surface area contributed by atoms with Gasteiger partial charge in [-0.05, 0) is 72.9 Å². The number of likely N-dealkylation sites (tertiary alicyclic amines) is 1. The van der Waals surface area contributed by atoms with Crippen molar-refractivity contribution in [2.24, 2.45) is 17.3 Å². The Morgan fingerprint density at radius 2 is 1.77 bits per heavy atom. The van der Waals surface area contributed by atoms with Crippen LogP contribution >= 0.6 is 0 Å². The van der Waals surface area contributed by atoms with Crippen molar-refractivity contribution in [2.75, 3.05) is 20.3 Å². The first-order valence-corrected chi connectivity index (χ1v) is 18.9. The SMILES string of the molecule is COc1ccc(-c2nnn([C@@H]3CC(C(=O)N[C@]4(C(=O)NS(=O)(=O)C5CC5)C[C@H]4C(F)F)N(C(=O)[C@@H](NC(=O)OCC4CCC4)C(C)(C)C)C3)n2)cc1. The van der Waals surface area contributed by atoms with Crippen molar-refractivity contribution in [3.05, 3.63) is 24.3 Å². The predicted octanol–water partition coefficient (Wildman–Crippen LogP) is 2.18. The molecule has 0 bridgehead atoms. The largest absolute Gasteiger partial charge is 0.497 e. The lowest BCUT2D eigenvalue weighted by atomic mass is 9.85. The Morgan fingerprint density at radius 3 is 2.33 bits per heavy atom. The molecular weight excluding hydrogens is 706 g/mol. The maximum Gasteiger partial charge on any atom is 0.407 e. The summed E-state index contributed by atoms with van der Waals surface area (Å²) in [5.41, 5.74) is -2.47. The van der Waals surface area contributed by atoms with Crippen LogP contribution in [0.25, 0.3) is 11.4 Å². The molecule has 1 aliphatic heterocycles. The fourth-order valence-electron chi connectivity index (χ4n) is 6.57. The summed E-state index contributed by atoms with van der Waals surface area (Å²) in [4.78, 5) is 57.1. The van der Waals surface area contributed by atoms with Crippen LogP contribution in [0.3, 0.4) is 0 Å². The van der Waals surface area contributed by atoms with Gasteiger partial charge in [-0.2, -0.15) is 4.80 Å². The minimum atomic E-state index is -4.12. The van der Waals surface area contributed by atoms with Gasteiger partial charge < -0.3 is 25.0 Å². The lowest BCUT2D eigenvalue weighted by Gasteiger charge is -2.35. The number of tetrazole rings is 1. The maximum absolute atomic E-state index is 14.4. The molecule has 2 aromatic rings. The number of nitrogens with zero attached hydrogens (tertiary/aromatic N) is 5. The number of benzene rings is 1. The van der Waals surface area contributed by atoms with Gasteiger partial charge in [-0.25, -0.2) is 22.0 Å². The van der Waals surface area contributed by atoms with Crippen molar-refractivity contribution in [3.8, 4) is 17.1 Å². The number of rotatable bonds is 13. The first-order valence-electron chi connectivity index (χ1n) is 17.4. The van der Waals surface area contributed by atoms with E-state index < -0.39 is 86.9 Å². The number of halogens is 2. The van der Waals surface area contributed by atoms with Gasteiger partial charge in [-0.1, -0.05) is 27.2 Å². The molecule has 4 amide bonds. The summed E-state index contributed by atoms with van der Waals surface area (Å²) in [6.07, 6.45) is -0.867. The van der Waals surface area contributed by atoms with E-state index >= 15 is 0 Å². The van der Waals surface area contributed by atoms with Crippen LogP contribution in [0.15, 0.2) is 24.3 Å². The average Bonchev–Trinajstić information content (AvgIpc) is 3.95. The number of hydrogen-bond acceptors (Lipinski definition) is 11. The number of alkyl halides is 2. The van der Waals surface area contributed by atoms with Crippen LogP contribution in [0.1, 0.15) is 71.8 Å². The molecule has 5 atom stereocenters. The van der Waals surface area contributed by atoms with Crippen molar-refractivity contribution in [2.45, 2.75) is 101 Å². The molecule has 1 aromatic heterocycles. The molecule has 6 rings (SSSR count). The summed E-state index contributed by atoms with van der Waals surface area (Å²) in [5, 5.41) is 17.0. The van der Waals surface area contributed by atoms with Crippen LogP contribution < -0.4 is 20.1 Å². The smallest absolute Gasteiger partial charge is 0.407 e. The van der Waals surface area contributed by atoms with Crippen LogP contribution in [-0.4, -0.2) is 107 Å². The zero-order valence-electron chi connectivity index (χ0n) is 29.4. The molecule has 3 N–H and O–H groups in total. The molecule has 0 radical (unpaired) electrons. The number of methoxy groups -OCH3 is 1. The normalized spacial score (nSPS) is 25.2. The molecule has 3 saturated carbocycles. The van der Waals surface area contributed by atoms with E-state index in [0.717, 1.165) is 19.3 Å². The highest BCUT2D eigenvalue weighted by Crippen LogP contribution is 2.48. The summed E-state index contributed by atoms with van der Waals surface area (Å²) in [5.74, 6) is -3.40. The van der Waals surface area contributed by atoms with Crippen molar-refractivity contribution in [1.82, 2.24) is 40.5 Å². The molecule has 0 spiro atoms. The van der Waals surface area contributed by atoms with E-state index in [0.29, 0.717) is 24.2 Å². The van der Waals surface area contributed by atoms with Crippen LogP contribution in [0, 0.1) is 17.3 Å². The summed E-state index contributed by atoms with van der Waals surface area (Å²) in [6.45, 7) is 5.23. The molecule has 1 aromatic carbocycles.